The van der Waals surface area contributed by atoms with E-state index in [0.717, 1.165) is 28.6 Å². The molecule has 0 heterocycles. The largest absolute Gasteiger partial charge is 0.272 e. The lowest BCUT2D eigenvalue weighted by Crippen LogP contribution is -2.36. The van der Waals surface area contributed by atoms with Gasteiger partial charge in [0.25, 0.3) is 11.6 Å². The first-order valence-corrected chi connectivity index (χ1v) is 8.92. The Kier molecular flexibility index (Phi) is 6.32. The number of carbonyl (C=O) groups is 1. The molecule has 0 aliphatic carbocycles. The van der Waals surface area contributed by atoms with Gasteiger partial charge in [-0.2, -0.15) is 9.41 Å². The molecule has 0 saturated carbocycles. The summed E-state index contributed by atoms with van der Waals surface area (Å²) in [6.45, 7) is -0.522. The van der Waals surface area contributed by atoms with Crippen molar-refractivity contribution in [1.29, 1.82) is 0 Å². The second-order valence-corrected chi connectivity index (χ2v) is 7.41. The number of benzene rings is 2. The molecule has 27 heavy (non-hydrogen) atoms. The van der Waals surface area contributed by atoms with Crippen LogP contribution in [-0.2, 0) is 14.8 Å². The van der Waals surface area contributed by atoms with Crippen LogP contribution in [0.5, 0.6) is 0 Å². The molecule has 0 unspecified atom stereocenters. The van der Waals surface area contributed by atoms with Crippen LogP contribution in [0, 0.1) is 15.9 Å². The third-order valence-electron chi connectivity index (χ3n) is 3.37. The number of nitro groups is 1. The second kappa shape index (κ2) is 8.47. The molecule has 0 fully saturated rings. The SMILES string of the molecule is CN(CC(=O)N/N=C\c1cccc([N+](=O)[O-])c1)S(=O)(=O)c1ccc(F)cc1. The first-order chi connectivity index (χ1) is 12.7. The van der Waals surface area contributed by atoms with Gasteiger partial charge in [-0.15, -0.1) is 0 Å². The van der Waals surface area contributed by atoms with Gasteiger partial charge in [0.2, 0.25) is 10.0 Å². The predicted octanol–water partition coefficient (Wildman–Crippen LogP) is 1.50. The number of hydrogen-bond acceptors (Lipinski definition) is 6. The maximum Gasteiger partial charge on any atom is 0.270 e. The molecule has 0 radical (unpaired) electrons. The van der Waals surface area contributed by atoms with Crippen molar-refractivity contribution >= 4 is 27.8 Å². The van der Waals surface area contributed by atoms with Gasteiger partial charge in [-0.3, -0.25) is 14.9 Å². The van der Waals surface area contributed by atoms with Gasteiger partial charge >= 0.3 is 0 Å². The van der Waals surface area contributed by atoms with Crippen LogP contribution in [0.3, 0.4) is 0 Å². The zero-order valence-corrected chi connectivity index (χ0v) is 14.9. The van der Waals surface area contributed by atoms with Gasteiger partial charge in [-0.1, -0.05) is 12.1 Å². The van der Waals surface area contributed by atoms with Gasteiger partial charge in [0, 0.05) is 24.7 Å². The maximum absolute atomic E-state index is 12.9. The molecule has 0 bridgehead atoms. The Morgan fingerprint density at radius 1 is 1.30 bits per heavy atom. The summed E-state index contributed by atoms with van der Waals surface area (Å²) in [5.74, 6) is -1.30. The number of nitrogens with zero attached hydrogens (tertiary/aromatic N) is 3. The number of hydrogen-bond donors (Lipinski definition) is 1. The Bertz CT molecular complexity index is 977. The van der Waals surface area contributed by atoms with Crippen molar-refractivity contribution in [3.05, 3.63) is 70.0 Å². The number of rotatable bonds is 7. The highest BCUT2D eigenvalue weighted by atomic mass is 32.2. The van der Waals surface area contributed by atoms with Crippen LogP contribution in [-0.4, -0.2) is 43.4 Å². The molecule has 2 aromatic carbocycles. The van der Waals surface area contributed by atoms with E-state index >= 15 is 0 Å². The normalized spacial score (nSPS) is 11.7. The van der Waals surface area contributed by atoms with Crippen LogP contribution in [0.4, 0.5) is 10.1 Å². The van der Waals surface area contributed by atoms with Crippen LogP contribution in [0.15, 0.2) is 58.5 Å². The lowest BCUT2D eigenvalue weighted by atomic mass is 10.2. The fourth-order valence-corrected chi connectivity index (χ4v) is 3.13. The molecule has 0 aliphatic heterocycles. The van der Waals surface area contributed by atoms with Crippen LogP contribution < -0.4 is 5.43 Å². The lowest BCUT2D eigenvalue weighted by molar-refractivity contribution is -0.384. The Labute approximate surface area is 154 Å². The molecule has 0 atom stereocenters. The summed E-state index contributed by atoms with van der Waals surface area (Å²) in [6.07, 6.45) is 1.19. The highest BCUT2D eigenvalue weighted by Gasteiger charge is 2.22. The maximum atomic E-state index is 12.9. The number of halogens is 1. The van der Waals surface area contributed by atoms with Gasteiger partial charge in [0.1, 0.15) is 5.82 Å². The van der Waals surface area contributed by atoms with E-state index in [1.54, 1.807) is 6.07 Å². The second-order valence-electron chi connectivity index (χ2n) is 5.36. The zero-order valence-electron chi connectivity index (χ0n) is 14.1. The Hall–Kier alpha value is -3.18. The molecule has 9 nitrogen and oxygen atoms in total. The minimum absolute atomic E-state index is 0.129. The molecule has 2 aromatic rings. The number of nitro benzene ring substituents is 1. The highest BCUT2D eigenvalue weighted by Crippen LogP contribution is 2.14. The quantitative estimate of drug-likeness (QED) is 0.433. The van der Waals surface area contributed by atoms with Crippen molar-refractivity contribution in [2.24, 2.45) is 5.10 Å². The first kappa shape index (κ1) is 20.1. The summed E-state index contributed by atoms with van der Waals surface area (Å²) < 4.78 is 38.3. The Morgan fingerprint density at radius 3 is 2.59 bits per heavy atom. The molecular formula is C16H15FN4O5S. The third-order valence-corrected chi connectivity index (χ3v) is 5.19. The molecule has 11 heteroatoms. The minimum atomic E-state index is -3.96. The third kappa shape index (κ3) is 5.39. The van der Waals surface area contributed by atoms with Gasteiger partial charge in [0.15, 0.2) is 0 Å². The lowest BCUT2D eigenvalue weighted by Gasteiger charge is -2.15. The fourth-order valence-electron chi connectivity index (χ4n) is 2.01. The highest BCUT2D eigenvalue weighted by molar-refractivity contribution is 7.89. The minimum Gasteiger partial charge on any atom is -0.272 e. The fraction of sp³-hybridized carbons (Fsp3) is 0.125. The predicted molar refractivity (Wildman–Crippen MR) is 95.0 cm³/mol. The van der Waals surface area contributed by atoms with Gasteiger partial charge < -0.3 is 0 Å². The molecule has 0 aliphatic rings. The van der Waals surface area contributed by atoms with E-state index in [9.17, 15) is 27.7 Å². The van der Waals surface area contributed by atoms with Crippen molar-refractivity contribution in [3.63, 3.8) is 0 Å². The van der Waals surface area contributed by atoms with Crippen LogP contribution in [0.25, 0.3) is 0 Å². The number of hydrazone groups is 1. The van der Waals surface area contributed by atoms with E-state index in [2.05, 4.69) is 10.5 Å². The van der Waals surface area contributed by atoms with Crippen molar-refractivity contribution < 1.29 is 22.5 Å². The summed E-state index contributed by atoms with van der Waals surface area (Å²) >= 11 is 0. The first-order valence-electron chi connectivity index (χ1n) is 7.48. The number of amides is 1. The smallest absolute Gasteiger partial charge is 0.270 e. The van der Waals surface area contributed by atoms with E-state index in [0.29, 0.717) is 5.56 Å². The van der Waals surface area contributed by atoms with Crippen molar-refractivity contribution in [2.75, 3.05) is 13.6 Å². The summed E-state index contributed by atoms with van der Waals surface area (Å²) in [6, 6.07) is 9.79. The molecule has 0 spiro atoms. The van der Waals surface area contributed by atoms with Crippen LogP contribution >= 0.6 is 0 Å². The summed E-state index contributed by atoms with van der Waals surface area (Å²) in [5, 5.41) is 14.3. The Balaban J connectivity index is 1.97. The number of likely N-dealkylation sites (N-methyl/N-ethyl adjacent to an activating group) is 1. The summed E-state index contributed by atoms with van der Waals surface area (Å²) in [7, 11) is -2.77. The van der Waals surface area contributed by atoms with Gasteiger partial charge in [0.05, 0.1) is 22.6 Å². The molecule has 0 saturated heterocycles. The molecule has 2 rings (SSSR count). The van der Waals surface area contributed by atoms with Gasteiger partial charge in [-0.25, -0.2) is 18.2 Å². The van der Waals surface area contributed by atoms with Crippen molar-refractivity contribution in [3.8, 4) is 0 Å². The van der Waals surface area contributed by atoms with E-state index in [1.807, 2.05) is 0 Å². The molecule has 1 amide bonds. The Morgan fingerprint density at radius 2 is 1.96 bits per heavy atom. The van der Waals surface area contributed by atoms with Gasteiger partial charge in [-0.05, 0) is 24.3 Å². The van der Waals surface area contributed by atoms with Crippen LogP contribution in [0.1, 0.15) is 5.56 Å². The molecule has 1 N–H and O–H groups in total. The molecular weight excluding hydrogens is 379 g/mol. The average Bonchev–Trinajstić information content (AvgIpc) is 2.62. The molecule has 0 aromatic heterocycles. The number of carbonyl (C=O) groups excluding carboxylic acids is 1. The van der Waals surface area contributed by atoms with E-state index < -0.39 is 33.2 Å². The van der Waals surface area contributed by atoms with Crippen molar-refractivity contribution in [1.82, 2.24) is 9.73 Å². The zero-order chi connectivity index (χ0) is 20.0. The summed E-state index contributed by atoms with van der Waals surface area (Å²) in [4.78, 5) is 21.8. The topological polar surface area (TPSA) is 122 Å². The standard InChI is InChI=1S/C16H15FN4O5S/c1-20(27(25,26)15-7-5-13(17)6-8-15)11-16(22)19-18-10-12-3-2-4-14(9-12)21(23)24/h2-10H,11H2,1H3,(H,19,22)/b18-10-. The van der Waals surface area contributed by atoms with Crippen LogP contribution in [0.2, 0.25) is 0 Å². The van der Waals surface area contributed by atoms with Crippen molar-refractivity contribution in [2.45, 2.75) is 4.90 Å². The van der Waals surface area contributed by atoms with E-state index in [1.165, 1.54) is 31.5 Å². The summed E-state index contributed by atoms with van der Waals surface area (Å²) in [5.41, 5.74) is 2.39. The number of nitrogens with one attached hydrogen (secondary N) is 1. The molecule has 142 valence electrons. The number of non-ortho nitro benzene ring substituents is 1. The monoisotopic (exact) mass is 394 g/mol. The number of sulfonamides is 1. The average molecular weight is 394 g/mol. The van der Waals surface area contributed by atoms with E-state index in [4.69, 9.17) is 0 Å². The van der Waals surface area contributed by atoms with E-state index in [-0.39, 0.29) is 10.6 Å².